The fourth-order valence-corrected chi connectivity index (χ4v) is 7.86. The summed E-state index contributed by atoms with van der Waals surface area (Å²) in [4.78, 5) is 35.3. The lowest BCUT2D eigenvalue weighted by Crippen LogP contribution is -2.44. The molecule has 0 saturated carbocycles. The molecule has 4 aromatic heterocycles. The number of hydrogen-bond donors (Lipinski definition) is 6. The summed E-state index contributed by atoms with van der Waals surface area (Å²) in [5, 5.41) is 21.1. The van der Waals surface area contributed by atoms with Crippen molar-refractivity contribution in [3.63, 3.8) is 0 Å². The molecule has 4 aromatic rings. The first-order valence-corrected chi connectivity index (χ1v) is 15.6. The molecular weight excluding hydrogens is 595 g/mol. The summed E-state index contributed by atoms with van der Waals surface area (Å²) < 4.78 is 40.7. The first-order chi connectivity index (χ1) is 20.0. The third-order valence-corrected chi connectivity index (χ3v) is 10.6. The molecule has 0 radical (unpaired) electrons. The Morgan fingerprint density at radius 1 is 1.19 bits per heavy atom. The maximum Gasteiger partial charge on any atom is 0.280 e. The molecule has 20 heteroatoms. The molecule has 226 valence electrons. The van der Waals surface area contributed by atoms with Crippen LogP contribution in [0.5, 0.6) is 0 Å². The molecule has 7 N–H and O–H groups in total. The van der Waals surface area contributed by atoms with Crippen LogP contribution in [0.3, 0.4) is 0 Å². The van der Waals surface area contributed by atoms with E-state index in [0.717, 1.165) is 0 Å². The standard InChI is InChI=1S/C22H29N10O8PS/c1-22(14(34)13(37-2)20(40-22)31-7-27-11-15(23)25-6-26-16(11)31)5-38-41(36,42)10-3-9(4-33)39-19(10)32-8-28-12-17(32)29-21(24)30-18(12)35/h6-10,13-14,19-20,33-34H,3-5H2,1-2H3,(H,36,42)(H2,23,25,26)(H3,24,29,30,35)/t9-,10+,13+,14-,19+,20+,22?,41?/m0/s1. The molecule has 2 aliphatic heterocycles. The van der Waals surface area contributed by atoms with Crippen molar-refractivity contribution in [3.05, 3.63) is 29.3 Å². The lowest BCUT2D eigenvalue weighted by molar-refractivity contribution is -0.111. The summed E-state index contributed by atoms with van der Waals surface area (Å²) in [6, 6.07) is 0. The maximum atomic E-state index is 14.1. The highest BCUT2D eigenvalue weighted by atomic mass is 32.7. The number of ether oxygens (including phenoxy) is 3. The fraction of sp³-hybridized carbons (Fsp3) is 0.545. The van der Waals surface area contributed by atoms with E-state index in [1.165, 1.54) is 30.7 Å². The van der Waals surface area contributed by atoms with E-state index in [4.69, 9.17) is 30.2 Å². The summed E-state index contributed by atoms with van der Waals surface area (Å²) in [6.45, 7) is -3.03. The Morgan fingerprint density at radius 3 is 2.62 bits per heavy atom. The van der Waals surface area contributed by atoms with Gasteiger partial charge < -0.3 is 40.4 Å². The zero-order valence-electron chi connectivity index (χ0n) is 22.3. The third-order valence-electron chi connectivity index (χ3n) is 7.59. The van der Waals surface area contributed by atoms with Crippen molar-refractivity contribution in [1.82, 2.24) is 39.0 Å². The van der Waals surface area contributed by atoms with Gasteiger partial charge in [0.15, 0.2) is 28.9 Å². The Balaban J connectivity index is 1.27. The number of thiol groups is 1. The van der Waals surface area contributed by atoms with Crippen LogP contribution in [0.2, 0.25) is 0 Å². The lowest BCUT2D eigenvalue weighted by atomic mass is 9.98. The summed E-state index contributed by atoms with van der Waals surface area (Å²) in [5.74, 6) is 0.0335. The van der Waals surface area contributed by atoms with Crippen LogP contribution in [-0.4, -0.2) is 99.1 Å². The van der Waals surface area contributed by atoms with Gasteiger partial charge in [0.2, 0.25) is 5.95 Å². The monoisotopic (exact) mass is 624 g/mol. The number of aromatic nitrogens is 8. The van der Waals surface area contributed by atoms with Gasteiger partial charge in [0, 0.05) is 7.11 Å². The van der Waals surface area contributed by atoms with Crippen LogP contribution in [0.1, 0.15) is 25.8 Å². The molecule has 2 unspecified atom stereocenters. The van der Waals surface area contributed by atoms with Crippen molar-refractivity contribution in [2.75, 3.05) is 31.8 Å². The second kappa shape index (κ2) is 10.5. The van der Waals surface area contributed by atoms with Gasteiger partial charge in [-0.2, -0.15) is 4.98 Å². The minimum absolute atomic E-state index is 0.000366. The highest BCUT2D eigenvalue weighted by molar-refractivity contribution is 8.46. The minimum Gasteiger partial charge on any atom is -0.394 e. The van der Waals surface area contributed by atoms with E-state index in [2.05, 4.69) is 42.2 Å². The Morgan fingerprint density at radius 2 is 1.90 bits per heavy atom. The van der Waals surface area contributed by atoms with Crippen LogP contribution >= 0.6 is 18.8 Å². The van der Waals surface area contributed by atoms with Crippen LogP contribution in [0.15, 0.2) is 23.8 Å². The number of imidazole rings is 2. The van der Waals surface area contributed by atoms with Gasteiger partial charge in [-0.25, -0.2) is 19.9 Å². The first kappa shape index (κ1) is 28.9. The lowest BCUT2D eigenvalue weighted by Gasteiger charge is -2.31. The number of aliphatic hydroxyl groups is 2. The van der Waals surface area contributed by atoms with Crippen LogP contribution < -0.4 is 17.0 Å². The Labute approximate surface area is 242 Å². The van der Waals surface area contributed by atoms with E-state index < -0.39 is 54.2 Å². The van der Waals surface area contributed by atoms with E-state index in [1.54, 1.807) is 11.5 Å². The van der Waals surface area contributed by atoms with Gasteiger partial charge >= 0.3 is 0 Å². The quantitative estimate of drug-likeness (QED) is 0.107. The number of nitrogens with one attached hydrogen (secondary N) is 1. The number of hydrogen-bond acceptors (Lipinski definition) is 15. The maximum absolute atomic E-state index is 14.1. The van der Waals surface area contributed by atoms with Crippen molar-refractivity contribution in [2.45, 2.75) is 55.4 Å². The van der Waals surface area contributed by atoms with Crippen molar-refractivity contribution in [3.8, 4) is 0 Å². The zero-order chi connectivity index (χ0) is 30.0. The number of methoxy groups -OCH3 is 1. The van der Waals surface area contributed by atoms with Crippen LogP contribution in [0.25, 0.3) is 22.3 Å². The molecular formula is C22H29N10O8PS. The smallest absolute Gasteiger partial charge is 0.280 e. The van der Waals surface area contributed by atoms with Crippen molar-refractivity contribution >= 4 is 52.9 Å². The highest BCUT2D eigenvalue weighted by Crippen LogP contribution is 2.64. The number of fused-ring (bicyclic) bond motifs is 2. The van der Waals surface area contributed by atoms with E-state index in [9.17, 15) is 19.6 Å². The molecule has 2 aliphatic rings. The molecule has 42 heavy (non-hydrogen) atoms. The van der Waals surface area contributed by atoms with Crippen LogP contribution in [-0.2, 0) is 23.3 Å². The number of nitrogen functional groups attached to an aromatic ring is 2. The minimum atomic E-state index is -3.89. The van der Waals surface area contributed by atoms with Crippen molar-refractivity contribution < 1.29 is 33.5 Å². The average Bonchev–Trinajstić information content (AvgIpc) is 3.72. The number of aromatic amines is 1. The van der Waals surface area contributed by atoms with Gasteiger partial charge in [0.25, 0.3) is 12.1 Å². The predicted molar refractivity (Wildman–Crippen MR) is 150 cm³/mol. The van der Waals surface area contributed by atoms with Gasteiger partial charge in [-0.05, 0) is 13.3 Å². The molecule has 0 amide bonds. The van der Waals surface area contributed by atoms with Gasteiger partial charge in [0.1, 0.15) is 35.9 Å². The molecule has 0 aromatic carbocycles. The van der Waals surface area contributed by atoms with Gasteiger partial charge in [-0.15, -0.1) is 0 Å². The summed E-state index contributed by atoms with van der Waals surface area (Å²) in [7, 11) is 1.42. The number of H-pyrrole nitrogens is 1. The number of nitrogens with zero attached hydrogens (tertiary/aromatic N) is 7. The Hall–Kier alpha value is -3.16. The molecule has 18 nitrogen and oxygen atoms in total. The fourth-order valence-electron chi connectivity index (χ4n) is 5.39. The van der Waals surface area contributed by atoms with Crippen LogP contribution in [0.4, 0.5) is 11.8 Å². The zero-order valence-corrected chi connectivity index (χ0v) is 24.1. The summed E-state index contributed by atoms with van der Waals surface area (Å²) in [5.41, 5.74) is 9.57. The second-order valence-corrected chi connectivity index (χ2v) is 14.0. The second-order valence-electron chi connectivity index (χ2n) is 10.3. The normalized spacial score (nSPS) is 31.3. The van der Waals surface area contributed by atoms with E-state index >= 15 is 0 Å². The molecule has 8 atom stereocenters. The van der Waals surface area contributed by atoms with E-state index in [-0.39, 0.29) is 42.6 Å². The highest BCUT2D eigenvalue weighted by Gasteiger charge is 2.55. The first-order valence-electron chi connectivity index (χ1n) is 12.7. The summed E-state index contributed by atoms with van der Waals surface area (Å²) >= 11 is 4.42. The largest absolute Gasteiger partial charge is 0.394 e. The molecule has 6 heterocycles. The topological polar surface area (TPSA) is 254 Å². The molecule has 2 fully saturated rings. The average molecular weight is 625 g/mol. The van der Waals surface area contributed by atoms with Crippen LogP contribution in [0, 0.1) is 0 Å². The Bertz CT molecular complexity index is 1750. The predicted octanol–water partition coefficient (Wildman–Crippen LogP) is -0.425. The number of aliphatic hydroxyl groups excluding tert-OH is 2. The third kappa shape index (κ3) is 4.65. The molecule has 6 rings (SSSR count). The molecule has 0 spiro atoms. The number of nitrogens with two attached hydrogens (primary N) is 2. The van der Waals surface area contributed by atoms with E-state index in [1.807, 2.05) is 0 Å². The van der Waals surface area contributed by atoms with Crippen molar-refractivity contribution in [1.29, 1.82) is 0 Å². The molecule has 0 aliphatic carbocycles. The van der Waals surface area contributed by atoms with Gasteiger partial charge in [-0.1, -0.05) is 12.2 Å². The van der Waals surface area contributed by atoms with E-state index in [0.29, 0.717) is 11.2 Å². The number of anilines is 2. The number of rotatable bonds is 8. The van der Waals surface area contributed by atoms with Gasteiger partial charge in [-0.3, -0.25) is 23.5 Å². The van der Waals surface area contributed by atoms with Crippen molar-refractivity contribution in [2.24, 2.45) is 0 Å². The van der Waals surface area contributed by atoms with Gasteiger partial charge in [0.05, 0.1) is 37.6 Å². The molecule has 0 bridgehead atoms. The summed E-state index contributed by atoms with van der Waals surface area (Å²) in [6.07, 6.45) is -0.615. The molecule has 2 saturated heterocycles. The SMILES string of the molecule is CO[C@H]1[C@H](n2cnc3c(N)ncnc32)OC(C)(COP(=O)(S)[C@@H]2C[C@@H](CO)O[C@H]2n2cnc3c(=O)[nH]c(N)nc32)[C@H]1O. The Kier molecular flexibility index (Phi) is 7.25.